The van der Waals surface area contributed by atoms with E-state index in [-0.39, 0.29) is 11.7 Å². The average molecular weight is 330 g/mol. The summed E-state index contributed by atoms with van der Waals surface area (Å²) in [5.74, 6) is 0.183. The Morgan fingerprint density at radius 1 is 1.42 bits per heavy atom. The Kier molecular flexibility index (Phi) is 5.25. The van der Waals surface area contributed by atoms with Gasteiger partial charge in [0.2, 0.25) is 5.91 Å². The highest BCUT2D eigenvalue weighted by atomic mass is 19.1. The third kappa shape index (κ3) is 4.64. The maximum absolute atomic E-state index is 12.9. The maximum atomic E-state index is 12.9. The summed E-state index contributed by atoms with van der Waals surface area (Å²) in [6.45, 7) is 5.55. The molecule has 0 spiro atoms. The molecule has 128 valence electrons. The van der Waals surface area contributed by atoms with Gasteiger partial charge in [-0.3, -0.25) is 14.8 Å². The monoisotopic (exact) mass is 330 g/mol. The summed E-state index contributed by atoms with van der Waals surface area (Å²) < 4.78 is 12.9. The van der Waals surface area contributed by atoms with Gasteiger partial charge in [0.15, 0.2) is 0 Å². The third-order valence-corrected chi connectivity index (χ3v) is 4.38. The zero-order valence-corrected chi connectivity index (χ0v) is 13.9. The van der Waals surface area contributed by atoms with Crippen molar-refractivity contribution in [2.24, 2.45) is 5.92 Å². The molecule has 1 aliphatic rings. The molecular formula is C18H23FN4O. The van der Waals surface area contributed by atoms with Crippen molar-refractivity contribution in [3.8, 4) is 0 Å². The SMILES string of the molecule is Cc1cc(CN2CCC(CNC(=O)Cc3ccc(F)cc3)C2)n[nH]1. The molecule has 24 heavy (non-hydrogen) atoms. The lowest BCUT2D eigenvalue weighted by Crippen LogP contribution is -2.32. The molecule has 1 amide bonds. The molecule has 3 rings (SSSR count). The standard InChI is InChI=1S/C18H23FN4O/c1-13-8-17(22-21-13)12-23-7-6-15(11-23)10-20-18(24)9-14-2-4-16(19)5-3-14/h2-5,8,15H,6-7,9-12H2,1H3,(H,20,24)(H,21,22). The van der Waals surface area contributed by atoms with Crippen LogP contribution in [-0.4, -0.2) is 40.6 Å². The predicted octanol–water partition coefficient (Wildman–Crippen LogP) is 2.04. The molecule has 1 aromatic carbocycles. The van der Waals surface area contributed by atoms with Crippen LogP contribution in [0.15, 0.2) is 30.3 Å². The maximum Gasteiger partial charge on any atom is 0.224 e. The average Bonchev–Trinajstić information content (AvgIpc) is 3.17. The van der Waals surface area contributed by atoms with Gasteiger partial charge in [-0.25, -0.2) is 4.39 Å². The van der Waals surface area contributed by atoms with Gasteiger partial charge in [0.25, 0.3) is 0 Å². The van der Waals surface area contributed by atoms with E-state index in [2.05, 4.69) is 26.5 Å². The Hall–Kier alpha value is -2.21. The largest absolute Gasteiger partial charge is 0.355 e. The van der Waals surface area contributed by atoms with Crippen LogP contribution in [0.1, 0.15) is 23.4 Å². The Morgan fingerprint density at radius 3 is 2.92 bits per heavy atom. The molecule has 1 unspecified atom stereocenters. The van der Waals surface area contributed by atoms with E-state index in [1.165, 1.54) is 12.1 Å². The molecule has 1 fully saturated rings. The number of nitrogens with zero attached hydrogens (tertiary/aromatic N) is 2. The highest BCUT2D eigenvalue weighted by molar-refractivity contribution is 5.78. The highest BCUT2D eigenvalue weighted by Gasteiger charge is 2.23. The van der Waals surface area contributed by atoms with E-state index in [0.29, 0.717) is 18.9 Å². The van der Waals surface area contributed by atoms with Crippen molar-refractivity contribution in [2.45, 2.75) is 26.3 Å². The number of benzene rings is 1. The zero-order chi connectivity index (χ0) is 16.9. The molecule has 2 aromatic rings. The van der Waals surface area contributed by atoms with Crippen molar-refractivity contribution >= 4 is 5.91 Å². The summed E-state index contributed by atoms with van der Waals surface area (Å²) in [5.41, 5.74) is 2.97. The second kappa shape index (κ2) is 7.57. The fourth-order valence-corrected chi connectivity index (χ4v) is 3.12. The minimum atomic E-state index is -0.280. The van der Waals surface area contributed by atoms with Crippen molar-refractivity contribution in [1.82, 2.24) is 20.4 Å². The number of aromatic amines is 1. The van der Waals surface area contributed by atoms with Crippen LogP contribution in [0.2, 0.25) is 0 Å². The summed E-state index contributed by atoms with van der Waals surface area (Å²) in [6, 6.07) is 8.14. The summed E-state index contributed by atoms with van der Waals surface area (Å²) in [7, 11) is 0. The fraction of sp³-hybridized carbons (Fsp3) is 0.444. The molecular weight excluding hydrogens is 307 g/mol. The van der Waals surface area contributed by atoms with Gasteiger partial charge in [0, 0.05) is 25.3 Å². The number of carbonyl (C=O) groups excluding carboxylic acids is 1. The van der Waals surface area contributed by atoms with Crippen LogP contribution in [0.4, 0.5) is 4.39 Å². The lowest BCUT2D eigenvalue weighted by molar-refractivity contribution is -0.120. The number of halogens is 1. The van der Waals surface area contributed by atoms with Crippen LogP contribution in [-0.2, 0) is 17.8 Å². The molecule has 2 N–H and O–H groups in total. The Bertz CT molecular complexity index is 683. The van der Waals surface area contributed by atoms with Crippen LogP contribution in [0.25, 0.3) is 0 Å². The molecule has 1 aromatic heterocycles. The van der Waals surface area contributed by atoms with Crippen LogP contribution < -0.4 is 5.32 Å². The van der Waals surface area contributed by atoms with Crippen molar-refractivity contribution in [2.75, 3.05) is 19.6 Å². The number of aryl methyl sites for hydroxylation is 1. The minimum Gasteiger partial charge on any atom is -0.355 e. The van der Waals surface area contributed by atoms with E-state index in [1.54, 1.807) is 12.1 Å². The molecule has 0 bridgehead atoms. The molecule has 2 heterocycles. The molecule has 0 aliphatic carbocycles. The predicted molar refractivity (Wildman–Crippen MR) is 89.8 cm³/mol. The van der Waals surface area contributed by atoms with E-state index >= 15 is 0 Å². The van der Waals surface area contributed by atoms with Gasteiger partial charge in [-0.15, -0.1) is 0 Å². The smallest absolute Gasteiger partial charge is 0.224 e. The number of rotatable bonds is 6. The minimum absolute atomic E-state index is 0.0111. The van der Waals surface area contributed by atoms with E-state index in [9.17, 15) is 9.18 Å². The van der Waals surface area contributed by atoms with Crippen molar-refractivity contribution in [1.29, 1.82) is 0 Å². The van der Waals surface area contributed by atoms with Gasteiger partial charge in [-0.1, -0.05) is 12.1 Å². The summed E-state index contributed by atoms with van der Waals surface area (Å²) in [6.07, 6.45) is 1.38. The van der Waals surface area contributed by atoms with Gasteiger partial charge in [0.05, 0.1) is 12.1 Å². The van der Waals surface area contributed by atoms with Gasteiger partial charge in [-0.05, 0) is 49.6 Å². The van der Waals surface area contributed by atoms with E-state index < -0.39 is 0 Å². The lowest BCUT2D eigenvalue weighted by atomic mass is 10.1. The Labute approximate surface area is 141 Å². The van der Waals surface area contributed by atoms with Crippen molar-refractivity contribution in [3.63, 3.8) is 0 Å². The number of nitrogens with one attached hydrogen (secondary N) is 2. The number of hydrogen-bond acceptors (Lipinski definition) is 3. The first-order valence-corrected chi connectivity index (χ1v) is 8.33. The molecule has 1 saturated heterocycles. The van der Waals surface area contributed by atoms with Crippen molar-refractivity contribution < 1.29 is 9.18 Å². The normalized spacial score (nSPS) is 18.0. The van der Waals surface area contributed by atoms with E-state index in [0.717, 1.165) is 43.0 Å². The Morgan fingerprint density at radius 2 is 2.21 bits per heavy atom. The highest BCUT2D eigenvalue weighted by Crippen LogP contribution is 2.17. The second-order valence-corrected chi connectivity index (χ2v) is 6.54. The first kappa shape index (κ1) is 16.6. The van der Waals surface area contributed by atoms with Gasteiger partial charge >= 0.3 is 0 Å². The fourth-order valence-electron chi connectivity index (χ4n) is 3.12. The lowest BCUT2D eigenvalue weighted by Gasteiger charge is -2.15. The molecule has 0 saturated carbocycles. The second-order valence-electron chi connectivity index (χ2n) is 6.54. The van der Waals surface area contributed by atoms with E-state index in [4.69, 9.17) is 0 Å². The van der Waals surface area contributed by atoms with Crippen LogP contribution in [0.3, 0.4) is 0 Å². The van der Waals surface area contributed by atoms with E-state index in [1.807, 2.05) is 6.92 Å². The van der Waals surface area contributed by atoms with Crippen LogP contribution in [0, 0.1) is 18.7 Å². The number of H-pyrrole nitrogens is 1. The van der Waals surface area contributed by atoms with Gasteiger partial charge in [0.1, 0.15) is 5.82 Å². The van der Waals surface area contributed by atoms with Crippen molar-refractivity contribution in [3.05, 3.63) is 53.1 Å². The number of carbonyl (C=O) groups is 1. The first-order valence-electron chi connectivity index (χ1n) is 8.33. The quantitative estimate of drug-likeness (QED) is 0.852. The van der Waals surface area contributed by atoms with Gasteiger partial charge < -0.3 is 5.32 Å². The number of aromatic nitrogens is 2. The topological polar surface area (TPSA) is 61.0 Å². The summed E-state index contributed by atoms with van der Waals surface area (Å²) >= 11 is 0. The first-order chi connectivity index (χ1) is 11.6. The zero-order valence-electron chi connectivity index (χ0n) is 13.9. The molecule has 1 atom stereocenters. The van der Waals surface area contributed by atoms with Crippen LogP contribution >= 0.6 is 0 Å². The summed E-state index contributed by atoms with van der Waals surface area (Å²) in [4.78, 5) is 14.4. The Balaban J connectivity index is 1.39. The number of likely N-dealkylation sites (tertiary alicyclic amines) is 1. The molecule has 1 aliphatic heterocycles. The molecule has 6 heteroatoms. The molecule has 5 nitrogen and oxygen atoms in total. The van der Waals surface area contributed by atoms with Gasteiger partial charge in [-0.2, -0.15) is 5.10 Å². The number of hydrogen-bond donors (Lipinski definition) is 2. The third-order valence-electron chi connectivity index (χ3n) is 4.38. The summed E-state index contributed by atoms with van der Waals surface area (Å²) in [5, 5.41) is 10.2. The number of amides is 1. The van der Waals surface area contributed by atoms with Crippen LogP contribution in [0.5, 0.6) is 0 Å². The molecule has 0 radical (unpaired) electrons.